The van der Waals surface area contributed by atoms with Crippen molar-refractivity contribution in [1.29, 1.82) is 0 Å². The quantitative estimate of drug-likeness (QED) is 0.437. The monoisotopic (exact) mass is 372 g/mol. The van der Waals surface area contributed by atoms with Crippen molar-refractivity contribution in [2.45, 2.75) is 12.1 Å². The van der Waals surface area contributed by atoms with E-state index in [1.165, 1.54) is 11.8 Å². The van der Waals surface area contributed by atoms with Crippen molar-refractivity contribution >= 4 is 29.1 Å². The lowest BCUT2D eigenvalue weighted by atomic mass is 10.1. The van der Waals surface area contributed by atoms with E-state index >= 15 is 0 Å². The average Bonchev–Trinajstić information content (AvgIpc) is 3.11. The number of para-hydroxylation sites is 1. The first-order valence-corrected chi connectivity index (χ1v) is 9.22. The van der Waals surface area contributed by atoms with E-state index in [1.807, 2.05) is 48.0 Å². The number of rotatable bonds is 7. The number of hydrogen-bond acceptors (Lipinski definition) is 4. The van der Waals surface area contributed by atoms with Crippen molar-refractivity contribution in [3.63, 3.8) is 0 Å². The maximum absolute atomic E-state index is 12.5. The number of nitrogens with zero attached hydrogens (tertiary/aromatic N) is 2. The van der Waals surface area contributed by atoms with Gasteiger partial charge in [-0.3, -0.25) is 9.36 Å². The minimum Gasteiger partial charge on any atom is -0.492 e. The standard InChI is InChI=1S/C19H17ClN2O2S/c1-2-24-18-9-8-14(12-16(18)20)17(23)13-25-19-21-10-11-22(19)15-6-4-3-5-7-15/h3-12H,2,13H2,1H3. The van der Waals surface area contributed by atoms with Gasteiger partial charge in [-0.25, -0.2) is 4.98 Å². The zero-order valence-corrected chi connectivity index (χ0v) is 15.3. The van der Waals surface area contributed by atoms with Gasteiger partial charge in [0.2, 0.25) is 0 Å². The molecule has 3 rings (SSSR count). The van der Waals surface area contributed by atoms with E-state index in [9.17, 15) is 4.79 Å². The van der Waals surface area contributed by atoms with Gasteiger partial charge in [0.05, 0.1) is 17.4 Å². The van der Waals surface area contributed by atoms with Crippen LogP contribution in [0.15, 0.2) is 66.1 Å². The second-order valence-corrected chi connectivity index (χ2v) is 6.56. The Morgan fingerprint density at radius 2 is 2.04 bits per heavy atom. The number of hydrogen-bond donors (Lipinski definition) is 0. The number of carbonyl (C=O) groups excluding carboxylic acids is 1. The number of ether oxygens (including phenoxy) is 1. The summed E-state index contributed by atoms with van der Waals surface area (Å²) in [6.07, 6.45) is 3.61. The molecule has 6 heteroatoms. The molecule has 4 nitrogen and oxygen atoms in total. The van der Waals surface area contributed by atoms with Gasteiger partial charge in [-0.05, 0) is 37.3 Å². The number of carbonyl (C=O) groups is 1. The van der Waals surface area contributed by atoms with Gasteiger partial charge in [-0.15, -0.1) is 0 Å². The van der Waals surface area contributed by atoms with Crippen molar-refractivity contribution in [2.75, 3.05) is 12.4 Å². The number of aromatic nitrogens is 2. The zero-order valence-electron chi connectivity index (χ0n) is 13.7. The summed E-state index contributed by atoms with van der Waals surface area (Å²) in [6.45, 7) is 2.42. The second kappa shape index (κ2) is 8.23. The first-order chi connectivity index (χ1) is 12.2. The van der Waals surface area contributed by atoms with Crippen molar-refractivity contribution in [2.24, 2.45) is 0 Å². The van der Waals surface area contributed by atoms with E-state index in [4.69, 9.17) is 16.3 Å². The molecule has 25 heavy (non-hydrogen) atoms. The lowest BCUT2D eigenvalue weighted by Crippen LogP contribution is -2.04. The van der Waals surface area contributed by atoms with Gasteiger partial charge in [-0.1, -0.05) is 41.6 Å². The predicted molar refractivity (Wildman–Crippen MR) is 101 cm³/mol. The number of ketones is 1. The van der Waals surface area contributed by atoms with Gasteiger partial charge in [0, 0.05) is 23.6 Å². The highest BCUT2D eigenvalue weighted by Crippen LogP contribution is 2.27. The third-order valence-corrected chi connectivity index (χ3v) is 4.79. The van der Waals surface area contributed by atoms with Gasteiger partial charge >= 0.3 is 0 Å². The van der Waals surface area contributed by atoms with Gasteiger partial charge in [0.15, 0.2) is 10.9 Å². The van der Waals surface area contributed by atoms with E-state index in [0.29, 0.717) is 22.9 Å². The van der Waals surface area contributed by atoms with Gasteiger partial charge < -0.3 is 4.74 Å². The van der Waals surface area contributed by atoms with E-state index < -0.39 is 0 Å². The highest BCUT2D eigenvalue weighted by Gasteiger charge is 2.12. The third kappa shape index (κ3) is 4.24. The minimum absolute atomic E-state index is 0.00226. The summed E-state index contributed by atoms with van der Waals surface area (Å²) >= 11 is 7.56. The molecule has 0 bridgehead atoms. The van der Waals surface area contributed by atoms with Gasteiger partial charge in [-0.2, -0.15) is 0 Å². The molecule has 1 aromatic heterocycles. The SMILES string of the molecule is CCOc1ccc(C(=O)CSc2nccn2-c2ccccc2)cc1Cl. The third-order valence-electron chi connectivity index (χ3n) is 3.53. The van der Waals surface area contributed by atoms with Crippen LogP contribution in [0, 0.1) is 0 Å². The fourth-order valence-electron chi connectivity index (χ4n) is 2.34. The maximum Gasteiger partial charge on any atom is 0.173 e. The Balaban J connectivity index is 1.69. The molecule has 1 heterocycles. The van der Waals surface area contributed by atoms with Gasteiger partial charge in [0.1, 0.15) is 5.75 Å². The number of benzene rings is 2. The molecule has 0 saturated heterocycles. The smallest absolute Gasteiger partial charge is 0.173 e. The molecule has 0 unspecified atom stereocenters. The summed E-state index contributed by atoms with van der Waals surface area (Å²) < 4.78 is 7.35. The number of halogens is 1. The molecule has 0 fully saturated rings. The second-order valence-electron chi connectivity index (χ2n) is 5.21. The number of Topliss-reactive ketones (excluding diaryl/α,β-unsaturated/α-hetero) is 1. The molecule has 0 saturated carbocycles. The molecular weight excluding hydrogens is 356 g/mol. The molecule has 0 atom stereocenters. The Labute approximate surface area is 155 Å². The lowest BCUT2D eigenvalue weighted by Gasteiger charge is -2.08. The molecule has 3 aromatic rings. The summed E-state index contributed by atoms with van der Waals surface area (Å²) in [7, 11) is 0. The Morgan fingerprint density at radius 1 is 1.24 bits per heavy atom. The van der Waals surface area contributed by atoms with E-state index in [-0.39, 0.29) is 11.5 Å². The van der Waals surface area contributed by atoms with Crippen LogP contribution in [0.3, 0.4) is 0 Å². The molecule has 0 spiro atoms. The molecule has 2 aromatic carbocycles. The van der Waals surface area contributed by atoms with Gasteiger partial charge in [0.25, 0.3) is 0 Å². The highest BCUT2D eigenvalue weighted by molar-refractivity contribution is 7.99. The molecule has 0 aliphatic rings. The van der Waals surface area contributed by atoms with Crippen LogP contribution >= 0.6 is 23.4 Å². The van der Waals surface area contributed by atoms with Crippen LogP contribution in [-0.4, -0.2) is 27.7 Å². The summed E-state index contributed by atoms with van der Waals surface area (Å²) in [4.78, 5) is 16.8. The van der Waals surface area contributed by atoms with Crippen LogP contribution in [0.5, 0.6) is 5.75 Å². The molecule has 128 valence electrons. The Morgan fingerprint density at radius 3 is 2.76 bits per heavy atom. The fourth-order valence-corrected chi connectivity index (χ4v) is 3.44. The van der Waals surface area contributed by atoms with E-state index in [1.54, 1.807) is 24.4 Å². The zero-order chi connectivity index (χ0) is 17.6. The Bertz CT molecular complexity index is 865. The molecule has 0 radical (unpaired) electrons. The summed E-state index contributed by atoms with van der Waals surface area (Å²) in [5, 5.41) is 1.22. The van der Waals surface area contributed by atoms with Crippen LogP contribution in [0.4, 0.5) is 0 Å². The predicted octanol–water partition coefficient (Wildman–Crippen LogP) is 4.90. The molecule has 0 aliphatic carbocycles. The Kier molecular flexibility index (Phi) is 5.79. The van der Waals surface area contributed by atoms with Crippen LogP contribution in [-0.2, 0) is 0 Å². The van der Waals surface area contributed by atoms with Crippen LogP contribution in [0.1, 0.15) is 17.3 Å². The fraction of sp³-hybridized carbons (Fsp3) is 0.158. The number of imidazole rings is 1. The van der Waals surface area contributed by atoms with Crippen molar-refractivity contribution in [3.8, 4) is 11.4 Å². The normalized spacial score (nSPS) is 10.6. The lowest BCUT2D eigenvalue weighted by molar-refractivity contribution is 0.102. The molecule has 0 N–H and O–H groups in total. The van der Waals surface area contributed by atoms with E-state index in [2.05, 4.69) is 4.98 Å². The molecule has 0 amide bonds. The summed E-state index contributed by atoms with van der Waals surface area (Å²) in [5.74, 6) is 0.874. The average molecular weight is 373 g/mol. The Hall–Kier alpha value is -2.24. The van der Waals surface area contributed by atoms with Crippen LogP contribution in [0.2, 0.25) is 5.02 Å². The molecular formula is C19H17ClN2O2S. The minimum atomic E-state index is -0.00226. The number of thioether (sulfide) groups is 1. The van der Waals surface area contributed by atoms with Crippen molar-refractivity contribution in [1.82, 2.24) is 9.55 Å². The first kappa shape index (κ1) is 17.6. The first-order valence-electron chi connectivity index (χ1n) is 7.86. The topological polar surface area (TPSA) is 44.1 Å². The highest BCUT2D eigenvalue weighted by atomic mass is 35.5. The van der Waals surface area contributed by atoms with E-state index in [0.717, 1.165) is 10.8 Å². The summed E-state index contributed by atoms with van der Waals surface area (Å²) in [6, 6.07) is 15.0. The summed E-state index contributed by atoms with van der Waals surface area (Å²) in [5.41, 5.74) is 1.58. The van der Waals surface area contributed by atoms with Crippen LogP contribution in [0.25, 0.3) is 5.69 Å². The van der Waals surface area contributed by atoms with Crippen molar-refractivity contribution in [3.05, 3.63) is 71.5 Å². The van der Waals surface area contributed by atoms with Crippen LogP contribution < -0.4 is 4.74 Å². The maximum atomic E-state index is 12.5. The molecule has 0 aliphatic heterocycles. The largest absolute Gasteiger partial charge is 0.492 e. The van der Waals surface area contributed by atoms with Crippen molar-refractivity contribution < 1.29 is 9.53 Å².